The highest BCUT2D eigenvalue weighted by molar-refractivity contribution is 7.89. The van der Waals surface area contributed by atoms with Gasteiger partial charge in [-0.3, -0.25) is 4.90 Å². The minimum absolute atomic E-state index is 0.0578. The van der Waals surface area contributed by atoms with Gasteiger partial charge in [0, 0.05) is 32.7 Å². The van der Waals surface area contributed by atoms with E-state index in [4.69, 9.17) is 0 Å². The molecule has 0 atom stereocenters. The number of halogens is 2. The Labute approximate surface area is 158 Å². The minimum atomic E-state index is -3.61. The second-order valence-corrected chi connectivity index (χ2v) is 8.25. The molecule has 1 saturated heterocycles. The SMILES string of the molecule is O=S(=O)(NCCCN1CCN(c2ccccc2F)CC1)c1ccc(F)cc1. The lowest BCUT2D eigenvalue weighted by molar-refractivity contribution is 0.255. The Morgan fingerprint density at radius 2 is 1.59 bits per heavy atom. The van der Waals surface area contributed by atoms with E-state index < -0.39 is 15.8 Å². The van der Waals surface area contributed by atoms with Crippen LogP contribution in [0.3, 0.4) is 0 Å². The summed E-state index contributed by atoms with van der Waals surface area (Å²) in [5.74, 6) is -0.676. The number of nitrogens with one attached hydrogen (secondary N) is 1. The van der Waals surface area contributed by atoms with Crippen LogP contribution in [0.4, 0.5) is 14.5 Å². The Morgan fingerprint density at radius 1 is 0.926 bits per heavy atom. The average molecular weight is 395 g/mol. The van der Waals surface area contributed by atoms with Gasteiger partial charge in [0.15, 0.2) is 0 Å². The third-order valence-corrected chi connectivity index (χ3v) is 6.11. The average Bonchev–Trinajstić information content (AvgIpc) is 2.67. The van der Waals surface area contributed by atoms with Crippen molar-refractivity contribution in [3.8, 4) is 0 Å². The maximum Gasteiger partial charge on any atom is 0.240 e. The van der Waals surface area contributed by atoms with Crippen molar-refractivity contribution >= 4 is 15.7 Å². The standard InChI is InChI=1S/C19H23F2N3O2S/c20-16-6-8-17(9-7-16)27(25,26)22-10-3-11-23-12-14-24(15-13-23)19-5-2-1-4-18(19)21/h1-2,4-9,22H,3,10-15H2. The summed E-state index contributed by atoms with van der Waals surface area (Å²) >= 11 is 0. The van der Waals surface area contributed by atoms with Gasteiger partial charge in [-0.15, -0.1) is 0 Å². The smallest absolute Gasteiger partial charge is 0.240 e. The highest BCUT2D eigenvalue weighted by Crippen LogP contribution is 2.20. The van der Waals surface area contributed by atoms with Gasteiger partial charge in [0.25, 0.3) is 0 Å². The maximum atomic E-state index is 13.9. The molecule has 0 amide bonds. The van der Waals surface area contributed by atoms with E-state index in [-0.39, 0.29) is 10.7 Å². The van der Waals surface area contributed by atoms with E-state index in [1.54, 1.807) is 12.1 Å². The molecule has 0 unspecified atom stereocenters. The van der Waals surface area contributed by atoms with Gasteiger partial charge in [0.1, 0.15) is 11.6 Å². The fraction of sp³-hybridized carbons (Fsp3) is 0.368. The normalized spacial score (nSPS) is 15.9. The topological polar surface area (TPSA) is 52.7 Å². The molecule has 3 rings (SSSR count). The highest BCUT2D eigenvalue weighted by atomic mass is 32.2. The van der Waals surface area contributed by atoms with Crippen LogP contribution < -0.4 is 9.62 Å². The summed E-state index contributed by atoms with van der Waals surface area (Å²) < 4.78 is 53.6. The molecular weight excluding hydrogens is 372 g/mol. The number of hydrogen-bond donors (Lipinski definition) is 1. The highest BCUT2D eigenvalue weighted by Gasteiger charge is 2.19. The van der Waals surface area contributed by atoms with Crippen molar-refractivity contribution in [1.82, 2.24) is 9.62 Å². The van der Waals surface area contributed by atoms with Crippen LogP contribution in [-0.4, -0.2) is 52.6 Å². The molecule has 1 heterocycles. The number of hydrogen-bond acceptors (Lipinski definition) is 4. The van der Waals surface area contributed by atoms with Crippen molar-refractivity contribution in [3.63, 3.8) is 0 Å². The lowest BCUT2D eigenvalue weighted by Crippen LogP contribution is -2.47. The Morgan fingerprint density at radius 3 is 2.26 bits per heavy atom. The van der Waals surface area contributed by atoms with E-state index in [1.165, 1.54) is 18.2 Å². The predicted octanol–water partition coefficient (Wildman–Crippen LogP) is 2.46. The van der Waals surface area contributed by atoms with Gasteiger partial charge >= 0.3 is 0 Å². The molecule has 146 valence electrons. The van der Waals surface area contributed by atoms with E-state index >= 15 is 0 Å². The maximum absolute atomic E-state index is 13.9. The summed E-state index contributed by atoms with van der Waals surface area (Å²) in [6, 6.07) is 11.5. The molecule has 0 radical (unpaired) electrons. The van der Waals surface area contributed by atoms with Crippen molar-refractivity contribution in [2.24, 2.45) is 0 Å². The first-order valence-corrected chi connectivity index (χ1v) is 10.4. The van der Waals surface area contributed by atoms with Crippen molar-refractivity contribution in [3.05, 3.63) is 60.2 Å². The van der Waals surface area contributed by atoms with Crippen LogP contribution in [0.25, 0.3) is 0 Å². The first-order valence-electron chi connectivity index (χ1n) is 8.93. The molecule has 2 aromatic rings. The molecule has 27 heavy (non-hydrogen) atoms. The molecule has 2 aromatic carbocycles. The number of piperazine rings is 1. The molecule has 1 aliphatic heterocycles. The van der Waals surface area contributed by atoms with Gasteiger partial charge in [-0.25, -0.2) is 21.9 Å². The fourth-order valence-corrected chi connectivity index (χ4v) is 4.20. The van der Waals surface area contributed by atoms with Crippen LogP contribution in [0.1, 0.15) is 6.42 Å². The molecule has 0 bridgehead atoms. The summed E-state index contributed by atoms with van der Waals surface area (Å²) in [6.07, 6.45) is 0.667. The van der Waals surface area contributed by atoms with Gasteiger partial charge in [0.05, 0.1) is 10.6 Å². The minimum Gasteiger partial charge on any atom is -0.367 e. The monoisotopic (exact) mass is 395 g/mol. The van der Waals surface area contributed by atoms with Crippen molar-refractivity contribution in [2.75, 3.05) is 44.2 Å². The van der Waals surface area contributed by atoms with E-state index in [0.29, 0.717) is 18.7 Å². The van der Waals surface area contributed by atoms with Gasteiger partial charge in [-0.05, 0) is 49.4 Å². The molecule has 0 saturated carbocycles. The number of rotatable bonds is 7. The first kappa shape index (κ1) is 19.7. The lowest BCUT2D eigenvalue weighted by Gasteiger charge is -2.36. The summed E-state index contributed by atoms with van der Waals surface area (Å²) in [6.45, 7) is 4.16. The van der Waals surface area contributed by atoms with E-state index in [9.17, 15) is 17.2 Å². The zero-order valence-corrected chi connectivity index (χ0v) is 15.8. The molecular formula is C19H23F2N3O2S. The second kappa shape index (κ2) is 8.77. The molecule has 0 aromatic heterocycles. The van der Waals surface area contributed by atoms with Gasteiger partial charge in [0.2, 0.25) is 10.0 Å². The summed E-state index contributed by atoms with van der Waals surface area (Å²) in [5.41, 5.74) is 0.629. The molecule has 0 aliphatic carbocycles. The third kappa shape index (κ3) is 5.24. The predicted molar refractivity (Wildman–Crippen MR) is 101 cm³/mol. The quantitative estimate of drug-likeness (QED) is 0.732. The summed E-state index contributed by atoms with van der Waals surface area (Å²) in [4.78, 5) is 4.33. The summed E-state index contributed by atoms with van der Waals surface area (Å²) in [7, 11) is -3.61. The number of para-hydroxylation sites is 1. The van der Waals surface area contributed by atoms with Gasteiger partial charge in [-0.1, -0.05) is 12.1 Å². The Balaban J connectivity index is 1.40. The molecule has 0 spiro atoms. The zero-order chi connectivity index (χ0) is 19.3. The van der Waals surface area contributed by atoms with Crippen LogP contribution in [0.2, 0.25) is 0 Å². The Bertz CT molecular complexity index is 852. The Hall–Kier alpha value is -2.03. The lowest BCUT2D eigenvalue weighted by atomic mass is 10.2. The van der Waals surface area contributed by atoms with Crippen molar-refractivity contribution < 1.29 is 17.2 Å². The number of benzene rings is 2. The van der Waals surface area contributed by atoms with E-state index in [2.05, 4.69) is 9.62 Å². The second-order valence-electron chi connectivity index (χ2n) is 6.49. The number of anilines is 1. The van der Waals surface area contributed by atoms with E-state index in [1.807, 2.05) is 11.0 Å². The molecule has 8 heteroatoms. The van der Waals surface area contributed by atoms with Crippen LogP contribution in [0.15, 0.2) is 53.4 Å². The van der Waals surface area contributed by atoms with Crippen molar-refractivity contribution in [2.45, 2.75) is 11.3 Å². The third-order valence-electron chi connectivity index (χ3n) is 4.63. The van der Waals surface area contributed by atoms with Gasteiger partial charge in [-0.2, -0.15) is 0 Å². The number of nitrogens with zero attached hydrogens (tertiary/aromatic N) is 2. The van der Waals surface area contributed by atoms with Crippen LogP contribution in [0, 0.1) is 11.6 Å². The zero-order valence-electron chi connectivity index (χ0n) is 14.9. The van der Waals surface area contributed by atoms with Crippen LogP contribution in [0.5, 0.6) is 0 Å². The molecule has 1 aliphatic rings. The van der Waals surface area contributed by atoms with Crippen LogP contribution >= 0.6 is 0 Å². The van der Waals surface area contributed by atoms with Gasteiger partial charge < -0.3 is 4.90 Å². The summed E-state index contributed by atoms with van der Waals surface area (Å²) in [5, 5.41) is 0. The van der Waals surface area contributed by atoms with E-state index in [0.717, 1.165) is 44.9 Å². The Kier molecular flexibility index (Phi) is 6.41. The first-order chi connectivity index (χ1) is 13.0. The molecule has 5 nitrogen and oxygen atoms in total. The molecule has 1 fully saturated rings. The van der Waals surface area contributed by atoms with Crippen LogP contribution in [-0.2, 0) is 10.0 Å². The largest absolute Gasteiger partial charge is 0.367 e. The fourth-order valence-electron chi connectivity index (χ4n) is 3.13. The number of sulfonamides is 1. The molecule has 1 N–H and O–H groups in total. The van der Waals surface area contributed by atoms with Crippen molar-refractivity contribution in [1.29, 1.82) is 0 Å².